The zero-order valence-corrected chi connectivity index (χ0v) is 9.41. The molecule has 0 unspecified atom stereocenters. The topological polar surface area (TPSA) is 75.6 Å². The summed E-state index contributed by atoms with van der Waals surface area (Å²) >= 11 is 1.41. The van der Waals surface area contributed by atoms with Crippen LogP contribution >= 0.6 is 11.3 Å². The van der Waals surface area contributed by atoms with Gasteiger partial charge in [-0.05, 0) is 18.2 Å². The molecular weight excluding hydrogens is 230 g/mol. The maximum Gasteiger partial charge on any atom is 0.407 e. The van der Waals surface area contributed by atoms with Crippen molar-refractivity contribution in [2.24, 2.45) is 0 Å². The van der Waals surface area contributed by atoms with Crippen molar-refractivity contribution in [3.63, 3.8) is 0 Å². The number of ether oxygens (including phenoxy) is 1. The van der Waals surface area contributed by atoms with Crippen LogP contribution in [0.1, 0.15) is 9.75 Å². The summed E-state index contributed by atoms with van der Waals surface area (Å²) in [6.45, 7) is 0.373. The predicted molar refractivity (Wildman–Crippen MR) is 60.2 cm³/mol. The fourth-order valence-corrected chi connectivity index (χ4v) is 1.82. The second-order valence-corrected chi connectivity index (χ2v) is 4.02. The Morgan fingerprint density at radius 2 is 2.31 bits per heavy atom. The summed E-state index contributed by atoms with van der Waals surface area (Å²) in [7, 11) is 1.30. The normalized spacial score (nSPS) is 10.3. The number of hydrogen-bond acceptors (Lipinski definition) is 4. The second-order valence-electron chi connectivity index (χ2n) is 2.82. The molecule has 1 aromatic rings. The molecule has 6 heteroatoms. The fourth-order valence-electron chi connectivity index (χ4n) is 0.964. The molecule has 0 aromatic carbocycles. The van der Waals surface area contributed by atoms with Gasteiger partial charge in [-0.3, -0.25) is 0 Å². The Balaban J connectivity index is 2.51. The zero-order valence-electron chi connectivity index (χ0n) is 8.60. The third-order valence-electron chi connectivity index (χ3n) is 1.66. The quantitative estimate of drug-likeness (QED) is 0.787. The third kappa shape index (κ3) is 4.14. The highest BCUT2D eigenvalue weighted by atomic mass is 32.1. The van der Waals surface area contributed by atoms with E-state index in [9.17, 15) is 9.59 Å². The molecule has 0 fully saturated rings. The Kier molecular flexibility index (Phi) is 4.53. The molecule has 86 valence electrons. The average molecular weight is 241 g/mol. The first kappa shape index (κ1) is 12.3. The number of aliphatic carboxylic acids is 1. The highest BCUT2D eigenvalue weighted by Crippen LogP contribution is 2.17. The summed E-state index contributed by atoms with van der Waals surface area (Å²) in [4.78, 5) is 22.8. The van der Waals surface area contributed by atoms with E-state index in [-0.39, 0.29) is 0 Å². The summed E-state index contributed by atoms with van der Waals surface area (Å²) in [5, 5.41) is 11.0. The van der Waals surface area contributed by atoms with Crippen molar-refractivity contribution in [2.75, 3.05) is 7.11 Å². The summed E-state index contributed by atoms with van der Waals surface area (Å²) in [6.07, 6.45) is 2.09. The van der Waals surface area contributed by atoms with Crippen molar-refractivity contribution < 1.29 is 19.4 Å². The molecule has 5 nitrogen and oxygen atoms in total. The number of carbonyl (C=O) groups is 2. The molecule has 0 aliphatic rings. The Morgan fingerprint density at radius 1 is 1.56 bits per heavy atom. The average Bonchev–Trinajstić information content (AvgIpc) is 2.71. The summed E-state index contributed by atoms with van der Waals surface area (Å²) < 4.78 is 4.42. The minimum absolute atomic E-state index is 0.373. The predicted octanol–water partition coefficient (Wildman–Crippen LogP) is 1.70. The van der Waals surface area contributed by atoms with E-state index >= 15 is 0 Å². The van der Waals surface area contributed by atoms with Gasteiger partial charge in [0.15, 0.2) is 0 Å². The number of thiophene rings is 1. The number of methoxy groups -OCH3 is 1. The van der Waals surface area contributed by atoms with Crippen LogP contribution < -0.4 is 5.32 Å². The van der Waals surface area contributed by atoms with Crippen LogP contribution in [0.15, 0.2) is 18.2 Å². The van der Waals surface area contributed by atoms with Crippen molar-refractivity contribution in [2.45, 2.75) is 6.54 Å². The van der Waals surface area contributed by atoms with Crippen molar-refractivity contribution in [1.82, 2.24) is 5.32 Å². The number of carboxylic acid groups (broad SMARTS) is 1. The number of nitrogens with one attached hydrogen (secondary N) is 1. The summed E-state index contributed by atoms with van der Waals surface area (Å²) in [5.74, 6) is -0.984. The van der Waals surface area contributed by atoms with E-state index in [0.717, 1.165) is 15.8 Å². The second kappa shape index (κ2) is 5.92. The van der Waals surface area contributed by atoms with Crippen LogP contribution in [0.5, 0.6) is 0 Å². The van der Waals surface area contributed by atoms with Gasteiger partial charge >= 0.3 is 12.1 Å². The first-order valence-electron chi connectivity index (χ1n) is 4.43. The van der Waals surface area contributed by atoms with Gasteiger partial charge in [0.1, 0.15) is 0 Å². The molecule has 1 amide bonds. The molecule has 0 saturated carbocycles. The van der Waals surface area contributed by atoms with Gasteiger partial charge in [0.05, 0.1) is 13.7 Å². The molecule has 0 atom stereocenters. The van der Waals surface area contributed by atoms with Gasteiger partial charge in [-0.2, -0.15) is 0 Å². The first-order chi connectivity index (χ1) is 7.61. The molecule has 1 rings (SSSR count). The van der Waals surface area contributed by atoms with Crippen molar-refractivity contribution in [1.29, 1.82) is 0 Å². The fraction of sp³-hybridized carbons (Fsp3) is 0.200. The molecule has 0 radical (unpaired) electrons. The van der Waals surface area contributed by atoms with E-state index in [1.54, 1.807) is 6.07 Å². The lowest BCUT2D eigenvalue weighted by Crippen LogP contribution is -2.21. The number of alkyl carbamates (subject to hydrolysis) is 1. The molecule has 1 heterocycles. The Hall–Kier alpha value is -1.82. The molecule has 0 saturated heterocycles. The number of hydrogen-bond donors (Lipinski definition) is 2. The molecular formula is C10H11NO4S. The Morgan fingerprint density at radius 3 is 2.94 bits per heavy atom. The van der Waals surface area contributed by atoms with Crippen LogP contribution in [0.2, 0.25) is 0 Å². The van der Waals surface area contributed by atoms with Crippen LogP contribution in [0.25, 0.3) is 6.08 Å². The van der Waals surface area contributed by atoms with Crippen molar-refractivity contribution >= 4 is 29.5 Å². The van der Waals surface area contributed by atoms with Gasteiger partial charge < -0.3 is 15.2 Å². The third-order valence-corrected chi connectivity index (χ3v) is 2.72. The van der Waals surface area contributed by atoms with E-state index in [0.29, 0.717) is 6.54 Å². The van der Waals surface area contributed by atoms with Gasteiger partial charge in [0.25, 0.3) is 0 Å². The summed E-state index contributed by atoms with van der Waals surface area (Å²) in [6, 6.07) is 3.61. The van der Waals surface area contributed by atoms with E-state index in [1.165, 1.54) is 24.5 Å². The molecule has 16 heavy (non-hydrogen) atoms. The summed E-state index contributed by atoms with van der Waals surface area (Å²) in [5.41, 5.74) is 0. The first-order valence-corrected chi connectivity index (χ1v) is 5.25. The minimum atomic E-state index is -0.984. The standard InChI is InChI=1S/C10H11NO4S/c1-15-10(14)11-6-8-3-2-7(16-8)4-5-9(12)13/h2-5H,6H2,1H3,(H,11,14)(H,12,13). The monoisotopic (exact) mass is 241 g/mol. The smallest absolute Gasteiger partial charge is 0.407 e. The van der Waals surface area contributed by atoms with Gasteiger partial charge in [-0.1, -0.05) is 0 Å². The maximum absolute atomic E-state index is 10.8. The lowest BCUT2D eigenvalue weighted by atomic mass is 10.4. The lowest BCUT2D eigenvalue weighted by molar-refractivity contribution is -0.131. The molecule has 0 aliphatic carbocycles. The van der Waals surface area contributed by atoms with E-state index in [1.807, 2.05) is 6.07 Å². The Bertz CT molecular complexity index is 411. The van der Waals surface area contributed by atoms with Crippen LogP contribution in [-0.2, 0) is 16.1 Å². The minimum Gasteiger partial charge on any atom is -0.478 e. The van der Waals surface area contributed by atoms with Gasteiger partial charge in [0, 0.05) is 15.8 Å². The van der Waals surface area contributed by atoms with Gasteiger partial charge in [-0.15, -0.1) is 11.3 Å². The van der Waals surface area contributed by atoms with Crippen LogP contribution in [-0.4, -0.2) is 24.3 Å². The number of carbonyl (C=O) groups excluding carboxylic acids is 1. The Labute approximate surface area is 96.4 Å². The number of rotatable bonds is 4. The molecule has 0 bridgehead atoms. The molecule has 2 N–H and O–H groups in total. The van der Waals surface area contributed by atoms with Crippen LogP contribution in [0.4, 0.5) is 4.79 Å². The van der Waals surface area contributed by atoms with E-state index < -0.39 is 12.1 Å². The molecule has 0 spiro atoms. The molecule has 0 aliphatic heterocycles. The van der Waals surface area contributed by atoms with Gasteiger partial charge in [-0.25, -0.2) is 9.59 Å². The van der Waals surface area contributed by atoms with Crippen molar-refractivity contribution in [3.05, 3.63) is 28.0 Å². The lowest BCUT2D eigenvalue weighted by Gasteiger charge is -1.99. The zero-order chi connectivity index (χ0) is 12.0. The number of amides is 1. The van der Waals surface area contributed by atoms with E-state index in [4.69, 9.17) is 5.11 Å². The maximum atomic E-state index is 10.8. The highest BCUT2D eigenvalue weighted by molar-refractivity contribution is 7.12. The number of carboxylic acids is 1. The SMILES string of the molecule is COC(=O)NCc1ccc(C=CC(=O)O)s1. The van der Waals surface area contributed by atoms with Gasteiger partial charge in [0.2, 0.25) is 0 Å². The highest BCUT2D eigenvalue weighted by Gasteiger charge is 2.01. The van der Waals surface area contributed by atoms with Crippen LogP contribution in [0.3, 0.4) is 0 Å². The molecule has 1 aromatic heterocycles. The van der Waals surface area contributed by atoms with Crippen LogP contribution in [0, 0.1) is 0 Å². The largest absolute Gasteiger partial charge is 0.478 e. The van der Waals surface area contributed by atoms with Crippen molar-refractivity contribution in [3.8, 4) is 0 Å². The van der Waals surface area contributed by atoms with E-state index in [2.05, 4.69) is 10.1 Å².